The van der Waals surface area contributed by atoms with E-state index in [2.05, 4.69) is 0 Å². The first-order valence-corrected chi connectivity index (χ1v) is 6.60. The number of aliphatic hydroxyl groups is 1. The van der Waals surface area contributed by atoms with Crippen LogP contribution in [-0.4, -0.2) is 39.9 Å². The van der Waals surface area contributed by atoms with Crippen molar-refractivity contribution in [3.63, 3.8) is 0 Å². The summed E-state index contributed by atoms with van der Waals surface area (Å²) in [5.41, 5.74) is -0.487. The van der Waals surface area contributed by atoms with Gasteiger partial charge in [0, 0.05) is 11.8 Å². The maximum absolute atomic E-state index is 12.3. The molecule has 4 heteroatoms. The van der Waals surface area contributed by atoms with Crippen LogP contribution in [0.15, 0.2) is 12.2 Å². The molecule has 0 aromatic heterocycles. The van der Waals surface area contributed by atoms with Crippen molar-refractivity contribution in [1.82, 2.24) is 4.90 Å². The first kappa shape index (κ1) is 13.4. The van der Waals surface area contributed by atoms with Crippen molar-refractivity contribution < 1.29 is 14.6 Å². The van der Waals surface area contributed by atoms with Gasteiger partial charge in [-0.3, -0.25) is 4.90 Å². The first-order chi connectivity index (χ1) is 8.22. The van der Waals surface area contributed by atoms with E-state index >= 15 is 0 Å². The Labute approximate surface area is 109 Å². The predicted octanol–water partition coefficient (Wildman–Crippen LogP) is 2.18. The average molecular weight is 253 g/mol. The van der Waals surface area contributed by atoms with Crippen LogP contribution < -0.4 is 0 Å². The summed E-state index contributed by atoms with van der Waals surface area (Å²) in [6, 6.07) is -0.0906. The van der Waals surface area contributed by atoms with Gasteiger partial charge in [-0.1, -0.05) is 26.0 Å². The molecule has 2 rings (SSSR count). The molecule has 1 fully saturated rings. The third-order valence-corrected chi connectivity index (χ3v) is 3.91. The highest BCUT2D eigenvalue weighted by atomic mass is 16.6. The molecule has 0 radical (unpaired) electrons. The number of amides is 1. The van der Waals surface area contributed by atoms with Gasteiger partial charge in [0.15, 0.2) is 0 Å². The molecular formula is C14H23NO3. The number of ether oxygens (including phenoxy) is 1. The molecule has 102 valence electrons. The molecule has 18 heavy (non-hydrogen) atoms. The molecule has 1 amide bonds. The van der Waals surface area contributed by atoms with E-state index in [0.717, 1.165) is 0 Å². The van der Waals surface area contributed by atoms with Crippen LogP contribution in [0.25, 0.3) is 0 Å². The lowest BCUT2D eigenvalue weighted by Crippen LogP contribution is -2.58. The lowest BCUT2D eigenvalue weighted by molar-refractivity contribution is -0.0546. The van der Waals surface area contributed by atoms with E-state index in [4.69, 9.17) is 4.74 Å². The Bertz CT molecular complexity index is 352. The Hall–Kier alpha value is -1.03. The van der Waals surface area contributed by atoms with Crippen LogP contribution in [-0.2, 0) is 4.74 Å². The quantitative estimate of drug-likeness (QED) is 0.673. The van der Waals surface area contributed by atoms with E-state index in [1.165, 1.54) is 0 Å². The minimum Gasteiger partial charge on any atom is -0.444 e. The fourth-order valence-corrected chi connectivity index (χ4v) is 2.91. The van der Waals surface area contributed by atoms with E-state index in [-0.39, 0.29) is 36.1 Å². The van der Waals surface area contributed by atoms with Gasteiger partial charge in [-0.25, -0.2) is 4.79 Å². The number of fused-ring (bicyclic) bond motifs is 2. The molecule has 1 unspecified atom stereocenters. The Morgan fingerprint density at radius 3 is 2.00 bits per heavy atom. The van der Waals surface area contributed by atoms with Crippen molar-refractivity contribution in [1.29, 1.82) is 0 Å². The van der Waals surface area contributed by atoms with Gasteiger partial charge < -0.3 is 9.84 Å². The second-order valence-corrected chi connectivity index (χ2v) is 6.46. The summed E-state index contributed by atoms with van der Waals surface area (Å²) in [6.07, 6.45) is 3.39. The monoisotopic (exact) mass is 253 g/mol. The van der Waals surface area contributed by atoms with Crippen LogP contribution in [0.4, 0.5) is 4.79 Å². The summed E-state index contributed by atoms with van der Waals surface area (Å²) in [5, 5.41) is 10.1. The lowest BCUT2D eigenvalue weighted by atomic mass is 9.81. The summed E-state index contributed by atoms with van der Waals surface area (Å²) >= 11 is 0. The van der Waals surface area contributed by atoms with E-state index in [0.29, 0.717) is 0 Å². The second kappa shape index (κ2) is 4.26. The van der Waals surface area contributed by atoms with Crippen molar-refractivity contribution in [2.45, 2.75) is 58.4 Å². The van der Waals surface area contributed by atoms with Gasteiger partial charge in [-0.05, 0) is 20.8 Å². The fourth-order valence-electron chi connectivity index (χ4n) is 2.91. The Morgan fingerprint density at radius 1 is 1.17 bits per heavy atom. The molecule has 0 aliphatic carbocycles. The van der Waals surface area contributed by atoms with Gasteiger partial charge in [0.25, 0.3) is 0 Å². The van der Waals surface area contributed by atoms with Gasteiger partial charge >= 0.3 is 6.09 Å². The molecule has 2 heterocycles. The number of rotatable bonds is 0. The zero-order chi connectivity index (χ0) is 13.7. The van der Waals surface area contributed by atoms with Gasteiger partial charge in [-0.15, -0.1) is 0 Å². The third-order valence-electron chi connectivity index (χ3n) is 3.91. The van der Waals surface area contributed by atoms with Gasteiger partial charge in [0.1, 0.15) is 5.60 Å². The van der Waals surface area contributed by atoms with Gasteiger partial charge in [0.05, 0.1) is 18.2 Å². The molecule has 0 aromatic rings. The predicted molar refractivity (Wildman–Crippen MR) is 69.1 cm³/mol. The van der Waals surface area contributed by atoms with E-state index in [1.807, 2.05) is 46.8 Å². The highest BCUT2D eigenvalue weighted by Gasteiger charge is 2.49. The number of piperidine rings is 1. The third kappa shape index (κ3) is 2.14. The summed E-state index contributed by atoms with van der Waals surface area (Å²) in [5.74, 6) is 0.0880. The standard InChI is InChI=1S/C14H23NO3/c1-8-10-6-7-11(9(2)12(8)16)15(10)13(17)18-14(3,4)5/h6-12,16H,1-5H3/t8-,9+,10+,11-,12?. The van der Waals surface area contributed by atoms with Crippen molar-refractivity contribution in [2.75, 3.05) is 0 Å². The van der Waals surface area contributed by atoms with E-state index in [1.54, 1.807) is 4.90 Å². The molecule has 0 aromatic carbocycles. The summed E-state index contributed by atoms with van der Waals surface area (Å²) < 4.78 is 5.46. The maximum Gasteiger partial charge on any atom is 0.411 e. The summed E-state index contributed by atoms with van der Waals surface area (Å²) in [4.78, 5) is 14.0. The number of hydrogen-bond acceptors (Lipinski definition) is 3. The second-order valence-electron chi connectivity index (χ2n) is 6.46. The average Bonchev–Trinajstić information content (AvgIpc) is 2.63. The number of aliphatic hydroxyl groups excluding tert-OH is 1. The zero-order valence-corrected chi connectivity index (χ0v) is 11.8. The Morgan fingerprint density at radius 2 is 1.61 bits per heavy atom. The molecule has 2 aliphatic heterocycles. The van der Waals surface area contributed by atoms with Gasteiger partial charge in [0.2, 0.25) is 0 Å². The SMILES string of the molecule is C[C@@H]1C(O)[C@H](C)[C@@H]2C=C[C@H]1N2C(=O)OC(C)(C)C. The lowest BCUT2D eigenvalue weighted by Gasteiger charge is -2.45. The topological polar surface area (TPSA) is 49.8 Å². The molecule has 2 aliphatic rings. The maximum atomic E-state index is 12.3. The highest BCUT2D eigenvalue weighted by Crippen LogP contribution is 2.38. The van der Waals surface area contributed by atoms with Crippen LogP contribution in [0.1, 0.15) is 34.6 Å². The normalized spacial score (nSPS) is 39.0. The van der Waals surface area contributed by atoms with Crippen LogP contribution in [0.2, 0.25) is 0 Å². The molecule has 1 saturated heterocycles. The van der Waals surface area contributed by atoms with Crippen LogP contribution in [0.3, 0.4) is 0 Å². The first-order valence-electron chi connectivity index (χ1n) is 6.60. The molecule has 4 nitrogen and oxygen atoms in total. The smallest absolute Gasteiger partial charge is 0.411 e. The summed E-state index contributed by atoms with van der Waals surface area (Å²) in [6.45, 7) is 9.56. The molecule has 0 saturated carbocycles. The van der Waals surface area contributed by atoms with Crippen LogP contribution in [0, 0.1) is 11.8 Å². The zero-order valence-electron chi connectivity index (χ0n) is 11.8. The van der Waals surface area contributed by atoms with Crippen molar-refractivity contribution >= 4 is 6.09 Å². The van der Waals surface area contributed by atoms with E-state index < -0.39 is 5.60 Å². The molecule has 1 N–H and O–H groups in total. The molecule has 5 atom stereocenters. The van der Waals surface area contributed by atoms with Crippen molar-refractivity contribution in [2.24, 2.45) is 11.8 Å². The highest BCUT2D eigenvalue weighted by molar-refractivity contribution is 5.71. The molecule has 2 bridgehead atoms. The van der Waals surface area contributed by atoms with E-state index in [9.17, 15) is 9.90 Å². The minimum absolute atomic E-state index is 0.0440. The minimum atomic E-state index is -0.487. The van der Waals surface area contributed by atoms with Crippen molar-refractivity contribution in [3.05, 3.63) is 12.2 Å². The number of carbonyl (C=O) groups is 1. The van der Waals surface area contributed by atoms with Gasteiger partial charge in [-0.2, -0.15) is 0 Å². The van der Waals surface area contributed by atoms with Crippen molar-refractivity contribution in [3.8, 4) is 0 Å². The number of hydrogen-bond donors (Lipinski definition) is 1. The fraction of sp³-hybridized carbons (Fsp3) is 0.786. The molecule has 0 spiro atoms. The molecular weight excluding hydrogens is 230 g/mol. The Kier molecular flexibility index (Phi) is 3.18. The van der Waals surface area contributed by atoms with Crippen LogP contribution >= 0.6 is 0 Å². The van der Waals surface area contributed by atoms with Crippen LogP contribution in [0.5, 0.6) is 0 Å². The summed E-state index contributed by atoms with van der Waals surface area (Å²) in [7, 11) is 0. The number of nitrogens with zero attached hydrogens (tertiary/aromatic N) is 1. The number of carbonyl (C=O) groups excluding carboxylic acids is 1. The largest absolute Gasteiger partial charge is 0.444 e. The Balaban J connectivity index is 2.19.